The minimum atomic E-state index is 0.632. The summed E-state index contributed by atoms with van der Waals surface area (Å²) in [4.78, 5) is 6.66. The minimum Gasteiger partial charge on any atom is -0.349 e. The van der Waals surface area contributed by atoms with Crippen molar-refractivity contribution in [2.45, 2.75) is 0 Å². The maximum Gasteiger partial charge on any atom is 0.140 e. The summed E-state index contributed by atoms with van der Waals surface area (Å²) in [6, 6.07) is 0. The highest BCUT2D eigenvalue weighted by atomic mass is 79.9. The van der Waals surface area contributed by atoms with Gasteiger partial charge in [0.1, 0.15) is 9.24 Å². The number of H-pyrrole nitrogens is 1. The first-order chi connectivity index (χ1) is 3.80. The number of hydrogen-bond donors (Lipinski definition) is 1. The largest absolute Gasteiger partial charge is 0.349 e. The monoisotopic (exact) mass is 190 g/mol. The predicted molar refractivity (Wildman–Crippen MR) is 37.1 cm³/mol. The van der Waals surface area contributed by atoms with Crippen LogP contribution < -0.4 is 0 Å². The molecule has 0 atom stereocenters. The first-order valence-corrected chi connectivity index (χ1v) is 3.20. The van der Waals surface area contributed by atoms with E-state index >= 15 is 0 Å². The molecular weight excluding hydrogens is 188 g/mol. The topological polar surface area (TPSA) is 28.7 Å². The van der Waals surface area contributed by atoms with E-state index in [1.165, 1.54) is 0 Å². The number of nitrogens with one attached hydrogen (secondary N) is 1. The van der Waals surface area contributed by atoms with Crippen molar-refractivity contribution in [2.75, 3.05) is 0 Å². The Hall–Kier alpha value is -0.220. The first kappa shape index (κ1) is 5.91. The Balaban J connectivity index is 3.35. The fourth-order valence-corrected chi connectivity index (χ4v) is 0.687. The fraction of sp³-hybridized carbons (Fsp3) is 0. The number of halogens is 1. The summed E-state index contributed by atoms with van der Waals surface area (Å²) >= 11 is 7.94. The normalized spacial score (nSPS) is 9.12. The van der Waals surface area contributed by atoms with Gasteiger partial charge >= 0.3 is 0 Å². The number of hydrogen-bond acceptors (Lipinski definition) is 2. The van der Waals surface area contributed by atoms with E-state index < -0.39 is 0 Å². The molecule has 0 spiro atoms. The molecule has 42 valence electrons. The quantitative estimate of drug-likeness (QED) is 0.634. The lowest BCUT2D eigenvalue weighted by molar-refractivity contribution is 1.14. The van der Waals surface area contributed by atoms with Crippen LogP contribution in [0.3, 0.4) is 0 Å². The van der Waals surface area contributed by atoms with Crippen LogP contribution in [-0.2, 0) is 0 Å². The number of aromatic amines is 1. The number of nitrogens with zero attached hydrogens (tertiary/aromatic N) is 1. The third-order valence-corrected chi connectivity index (χ3v) is 1.84. The zero-order valence-corrected chi connectivity index (χ0v) is 6.29. The van der Waals surface area contributed by atoms with Gasteiger partial charge in [-0.05, 0) is 15.9 Å². The second kappa shape index (κ2) is 2.37. The molecule has 0 fully saturated rings. The van der Waals surface area contributed by atoms with E-state index in [0.29, 0.717) is 9.24 Å². The van der Waals surface area contributed by atoms with Crippen LogP contribution in [0.25, 0.3) is 0 Å². The maximum atomic E-state index is 4.79. The second-order valence-corrected chi connectivity index (χ2v) is 2.37. The Morgan fingerprint density at radius 3 is 2.88 bits per heavy atom. The van der Waals surface area contributed by atoms with Crippen molar-refractivity contribution in [2.24, 2.45) is 0 Å². The van der Waals surface area contributed by atoms with Crippen molar-refractivity contribution < 1.29 is 0 Å². The molecule has 8 heavy (non-hydrogen) atoms. The van der Waals surface area contributed by atoms with Gasteiger partial charge in [-0.15, -0.1) is 0 Å². The highest BCUT2D eigenvalue weighted by Crippen LogP contribution is 2.02. The van der Waals surface area contributed by atoms with Crippen molar-refractivity contribution in [1.29, 1.82) is 0 Å². The Morgan fingerprint density at radius 1 is 1.75 bits per heavy atom. The van der Waals surface area contributed by atoms with E-state index in [4.69, 9.17) is 12.2 Å². The smallest absolute Gasteiger partial charge is 0.140 e. The van der Waals surface area contributed by atoms with Gasteiger partial charge in [-0.1, -0.05) is 12.2 Å². The van der Waals surface area contributed by atoms with Crippen LogP contribution in [0.1, 0.15) is 0 Å². The lowest BCUT2D eigenvalue weighted by Crippen LogP contribution is -1.76. The predicted octanol–water partition coefficient (Wildman–Crippen LogP) is 1.90. The van der Waals surface area contributed by atoms with Crippen molar-refractivity contribution >= 4 is 28.1 Å². The minimum absolute atomic E-state index is 0.632. The number of rotatable bonds is 0. The van der Waals surface area contributed by atoms with Crippen molar-refractivity contribution in [3.05, 3.63) is 21.6 Å². The summed E-state index contributed by atoms with van der Waals surface area (Å²) in [7, 11) is 0. The van der Waals surface area contributed by atoms with Crippen LogP contribution in [-0.4, -0.2) is 9.97 Å². The van der Waals surface area contributed by atoms with Crippen LogP contribution in [0.15, 0.2) is 17.0 Å². The lowest BCUT2D eigenvalue weighted by atomic mass is 10.8. The van der Waals surface area contributed by atoms with E-state index in [2.05, 4.69) is 25.9 Å². The van der Waals surface area contributed by atoms with Crippen LogP contribution in [0, 0.1) is 4.64 Å². The van der Waals surface area contributed by atoms with E-state index in [1.54, 1.807) is 12.4 Å². The van der Waals surface area contributed by atoms with E-state index in [1.807, 2.05) is 0 Å². The molecule has 0 amide bonds. The van der Waals surface area contributed by atoms with Crippen LogP contribution in [0.2, 0.25) is 0 Å². The zero-order chi connectivity index (χ0) is 5.98. The molecule has 0 aromatic carbocycles. The Morgan fingerprint density at radius 2 is 2.50 bits per heavy atom. The van der Waals surface area contributed by atoms with Crippen LogP contribution in [0.5, 0.6) is 0 Å². The SMILES string of the molecule is S=c1[nH]ccnc1Br. The Kier molecular flexibility index (Phi) is 1.75. The average Bonchev–Trinajstić information content (AvgIpc) is 1.77. The first-order valence-electron chi connectivity index (χ1n) is 2.00. The molecule has 0 bridgehead atoms. The number of aromatic nitrogens is 2. The Bertz CT molecular complexity index is 231. The van der Waals surface area contributed by atoms with Gasteiger partial charge in [-0.3, -0.25) is 0 Å². The summed E-state index contributed by atoms with van der Waals surface area (Å²) in [5.74, 6) is 0. The molecule has 1 aromatic rings. The van der Waals surface area contributed by atoms with Gasteiger partial charge in [0, 0.05) is 12.4 Å². The zero-order valence-electron chi connectivity index (χ0n) is 3.89. The van der Waals surface area contributed by atoms with Gasteiger partial charge in [-0.2, -0.15) is 0 Å². The summed E-state index contributed by atoms with van der Waals surface area (Å²) < 4.78 is 1.32. The van der Waals surface area contributed by atoms with Gasteiger partial charge in [0.05, 0.1) is 0 Å². The average molecular weight is 191 g/mol. The van der Waals surface area contributed by atoms with E-state index in [9.17, 15) is 0 Å². The lowest BCUT2D eigenvalue weighted by Gasteiger charge is -1.84. The third kappa shape index (κ3) is 1.14. The molecule has 0 unspecified atom stereocenters. The van der Waals surface area contributed by atoms with Gasteiger partial charge in [0.25, 0.3) is 0 Å². The van der Waals surface area contributed by atoms with Gasteiger partial charge < -0.3 is 4.98 Å². The fourth-order valence-electron chi connectivity index (χ4n) is 0.334. The van der Waals surface area contributed by atoms with Gasteiger partial charge in [-0.25, -0.2) is 4.98 Å². The summed E-state index contributed by atoms with van der Waals surface area (Å²) in [5, 5.41) is 0. The molecule has 2 nitrogen and oxygen atoms in total. The molecule has 0 aliphatic rings. The molecule has 0 aliphatic heterocycles. The highest BCUT2D eigenvalue weighted by Gasteiger charge is 1.83. The molecule has 0 saturated carbocycles. The van der Waals surface area contributed by atoms with Gasteiger partial charge in [0.15, 0.2) is 0 Å². The summed E-state index contributed by atoms with van der Waals surface area (Å²) in [6.45, 7) is 0. The molecule has 1 heterocycles. The summed E-state index contributed by atoms with van der Waals surface area (Å²) in [5.41, 5.74) is 0. The van der Waals surface area contributed by atoms with E-state index in [0.717, 1.165) is 0 Å². The third-order valence-electron chi connectivity index (χ3n) is 0.664. The van der Waals surface area contributed by atoms with Gasteiger partial charge in [0.2, 0.25) is 0 Å². The molecule has 1 rings (SSSR count). The highest BCUT2D eigenvalue weighted by molar-refractivity contribution is 9.10. The van der Waals surface area contributed by atoms with Crippen LogP contribution in [0.4, 0.5) is 0 Å². The second-order valence-electron chi connectivity index (χ2n) is 1.21. The molecule has 1 N–H and O–H groups in total. The molecule has 4 heteroatoms. The molecular formula is C4H3BrN2S. The molecule has 0 radical (unpaired) electrons. The molecule has 0 saturated heterocycles. The molecule has 1 aromatic heterocycles. The van der Waals surface area contributed by atoms with E-state index in [-0.39, 0.29) is 0 Å². The molecule has 0 aliphatic carbocycles. The maximum absolute atomic E-state index is 4.79. The van der Waals surface area contributed by atoms with Crippen molar-refractivity contribution in [3.8, 4) is 0 Å². The summed E-state index contributed by atoms with van der Waals surface area (Å²) in [6.07, 6.45) is 3.33. The standard InChI is InChI=1S/C4H3BrN2S/c5-3-4(8)7-2-1-6-3/h1-2H,(H,7,8). The van der Waals surface area contributed by atoms with Crippen molar-refractivity contribution in [3.63, 3.8) is 0 Å². The Labute approximate surface area is 60.1 Å². The van der Waals surface area contributed by atoms with Crippen molar-refractivity contribution in [1.82, 2.24) is 9.97 Å². The van der Waals surface area contributed by atoms with Crippen LogP contribution >= 0.6 is 28.1 Å².